The molecule has 1 aromatic heterocycles. The lowest BCUT2D eigenvalue weighted by atomic mass is 9.89. The fraction of sp³-hybridized carbons (Fsp3) is 0.571. The predicted molar refractivity (Wildman–Crippen MR) is 79.7 cm³/mol. The van der Waals surface area contributed by atoms with Gasteiger partial charge in [-0.3, -0.25) is 9.59 Å². The van der Waals surface area contributed by atoms with E-state index < -0.39 is 6.10 Å². The summed E-state index contributed by atoms with van der Waals surface area (Å²) in [5.74, 6) is -0.354. The van der Waals surface area contributed by atoms with E-state index in [1.54, 1.807) is 11.4 Å². The molecule has 3 N–H and O–H groups in total. The molecular formula is C14H22N2O3S. The lowest BCUT2D eigenvalue weighted by Crippen LogP contribution is -2.40. The molecule has 0 fully saturated rings. The van der Waals surface area contributed by atoms with Crippen molar-refractivity contribution in [3.63, 3.8) is 0 Å². The fourth-order valence-electron chi connectivity index (χ4n) is 1.39. The van der Waals surface area contributed by atoms with Crippen molar-refractivity contribution < 1.29 is 14.7 Å². The molecule has 1 rings (SSSR count). The molecule has 20 heavy (non-hydrogen) atoms. The highest BCUT2D eigenvalue weighted by Gasteiger charge is 2.22. The number of aliphatic hydroxyl groups is 1. The zero-order chi connectivity index (χ0) is 15.2. The maximum absolute atomic E-state index is 11.6. The number of aliphatic hydroxyl groups excluding tert-OH is 1. The lowest BCUT2D eigenvalue weighted by molar-refractivity contribution is -0.121. The molecule has 0 aromatic carbocycles. The van der Waals surface area contributed by atoms with Gasteiger partial charge in [0, 0.05) is 30.5 Å². The number of carbonyl (C=O) groups excluding carboxylic acids is 2. The Bertz CT molecular complexity index is 438. The van der Waals surface area contributed by atoms with Crippen LogP contribution < -0.4 is 10.6 Å². The highest BCUT2D eigenvalue weighted by Crippen LogP contribution is 2.18. The zero-order valence-corrected chi connectivity index (χ0v) is 12.9. The van der Waals surface area contributed by atoms with E-state index in [9.17, 15) is 14.7 Å². The number of rotatable bonds is 6. The van der Waals surface area contributed by atoms with Gasteiger partial charge < -0.3 is 15.7 Å². The maximum Gasteiger partial charge on any atom is 0.252 e. The van der Waals surface area contributed by atoms with Crippen LogP contribution in [0.15, 0.2) is 16.8 Å². The molecular weight excluding hydrogens is 276 g/mol. The molecule has 1 heterocycles. The van der Waals surface area contributed by atoms with E-state index in [-0.39, 0.29) is 36.7 Å². The number of hydrogen-bond donors (Lipinski definition) is 3. The van der Waals surface area contributed by atoms with E-state index >= 15 is 0 Å². The summed E-state index contributed by atoms with van der Waals surface area (Å²) < 4.78 is 0. The molecule has 0 saturated carbocycles. The normalized spacial score (nSPS) is 12.8. The van der Waals surface area contributed by atoms with Crippen molar-refractivity contribution in [2.75, 3.05) is 13.1 Å². The first-order chi connectivity index (χ1) is 9.30. The second-order valence-electron chi connectivity index (χ2n) is 5.70. The minimum atomic E-state index is -0.591. The molecule has 0 spiro atoms. The van der Waals surface area contributed by atoms with E-state index in [2.05, 4.69) is 10.6 Å². The van der Waals surface area contributed by atoms with Crippen LogP contribution in [-0.4, -0.2) is 36.1 Å². The van der Waals surface area contributed by atoms with Gasteiger partial charge >= 0.3 is 0 Å². The summed E-state index contributed by atoms with van der Waals surface area (Å²) >= 11 is 1.45. The van der Waals surface area contributed by atoms with Crippen LogP contribution in [0, 0.1) is 5.41 Å². The van der Waals surface area contributed by atoms with Gasteiger partial charge in [-0.2, -0.15) is 11.3 Å². The molecule has 0 aliphatic rings. The first-order valence-electron chi connectivity index (χ1n) is 6.56. The van der Waals surface area contributed by atoms with Crippen LogP contribution in [0.5, 0.6) is 0 Å². The predicted octanol–water partition coefficient (Wildman–Crippen LogP) is 1.39. The first kappa shape index (κ1) is 16.7. The second kappa shape index (κ2) is 7.40. The van der Waals surface area contributed by atoms with Crippen LogP contribution in [0.2, 0.25) is 0 Å². The van der Waals surface area contributed by atoms with Gasteiger partial charge in [-0.05, 0) is 16.9 Å². The molecule has 2 amide bonds. The van der Waals surface area contributed by atoms with Crippen LogP contribution >= 0.6 is 11.3 Å². The lowest BCUT2D eigenvalue weighted by Gasteiger charge is -2.25. The molecule has 1 atom stereocenters. The Kier molecular flexibility index (Phi) is 6.16. The van der Waals surface area contributed by atoms with Crippen molar-refractivity contribution in [3.05, 3.63) is 22.4 Å². The maximum atomic E-state index is 11.6. The van der Waals surface area contributed by atoms with Crippen molar-refractivity contribution in [1.82, 2.24) is 10.6 Å². The topological polar surface area (TPSA) is 78.4 Å². The summed E-state index contributed by atoms with van der Waals surface area (Å²) in [5.41, 5.74) is 0.346. The number of nitrogens with one attached hydrogen (secondary N) is 2. The third-order valence-corrected chi connectivity index (χ3v) is 3.60. The molecule has 0 radical (unpaired) electrons. The van der Waals surface area contributed by atoms with Crippen LogP contribution in [0.1, 0.15) is 37.6 Å². The van der Waals surface area contributed by atoms with Gasteiger partial charge in [0.1, 0.15) is 0 Å². The summed E-state index contributed by atoms with van der Waals surface area (Å²) in [7, 11) is 0. The first-order valence-corrected chi connectivity index (χ1v) is 7.50. The van der Waals surface area contributed by atoms with E-state index in [0.717, 1.165) is 0 Å². The van der Waals surface area contributed by atoms with Gasteiger partial charge in [-0.25, -0.2) is 0 Å². The summed E-state index contributed by atoms with van der Waals surface area (Å²) in [6, 6.07) is 1.74. The van der Waals surface area contributed by atoms with E-state index in [0.29, 0.717) is 5.56 Å². The van der Waals surface area contributed by atoms with Crippen molar-refractivity contribution in [3.8, 4) is 0 Å². The van der Waals surface area contributed by atoms with Crippen LogP contribution in [0.25, 0.3) is 0 Å². The van der Waals surface area contributed by atoms with Crippen LogP contribution in [0.3, 0.4) is 0 Å². The van der Waals surface area contributed by atoms with Crippen LogP contribution in [-0.2, 0) is 4.79 Å². The average molecular weight is 298 g/mol. The van der Waals surface area contributed by atoms with Crippen molar-refractivity contribution in [1.29, 1.82) is 0 Å². The van der Waals surface area contributed by atoms with Crippen molar-refractivity contribution >= 4 is 23.2 Å². The van der Waals surface area contributed by atoms with Gasteiger partial charge in [0.2, 0.25) is 5.91 Å². The Hall–Kier alpha value is -1.40. The third-order valence-electron chi connectivity index (χ3n) is 2.91. The summed E-state index contributed by atoms with van der Waals surface area (Å²) in [6.07, 6.45) is -0.390. The van der Waals surface area contributed by atoms with Crippen molar-refractivity contribution in [2.45, 2.75) is 33.3 Å². The van der Waals surface area contributed by atoms with E-state index in [4.69, 9.17) is 0 Å². The minimum absolute atomic E-state index is 0.172. The molecule has 0 saturated heterocycles. The molecule has 112 valence electrons. The third kappa shape index (κ3) is 5.71. The average Bonchev–Trinajstić information content (AvgIpc) is 2.88. The molecule has 6 heteroatoms. The number of thiophene rings is 1. The highest BCUT2D eigenvalue weighted by atomic mass is 32.1. The SMILES string of the molecule is CC(C)(C)C(O)CNC(=O)CCNC(=O)c1ccsc1. The fourth-order valence-corrected chi connectivity index (χ4v) is 2.03. The Balaban J connectivity index is 2.19. The molecule has 0 bridgehead atoms. The summed E-state index contributed by atoms with van der Waals surface area (Å²) in [5, 5.41) is 18.7. The number of hydrogen-bond acceptors (Lipinski definition) is 4. The Morgan fingerprint density at radius 2 is 2.05 bits per heavy atom. The van der Waals surface area contributed by atoms with E-state index in [1.165, 1.54) is 11.3 Å². The van der Waals surface area contributed by atoms with Gasteiger partial charge in [0.25, 0.3) is 5.91 Å². The largest absolute Gasteiger partial charge is 0.391 e. The minimum Gasteiger partial charge on any atom is -0.391 e. The highest BCUT2D eigenvalue weighted by molar-refractivity contribution is 7.08. The quantitative estimate of drug-likeness (QED) is 0.742. The van der Waals surface area contributed by atoms with Gasteiger partial charge in [0.15, 0.2) is 0 Å². The monoisotopic (exact) mass is 298 g/mol. The molecule has 0 aliphatic carbocycles. The van der Waals surface area contributed by atoms with Crippen molar-refractivity contribution in [2.24, 2.45) is 5.41 Å². The summed E-state index contributed by atoms with van der Waals surface area (Å²) in [6.45, 7) is 6.23. The summed E-state index contributed by atoms with van der Waals surface area (Å²) in [4.78, 5) is 23.2. The molecule has 1 aromatic rings. The smallest absolute Gasteiger partial charge is 0.252 e. The van der Waals surface area contributed by atoms with Gasteiger partial charge in [-0.15, -0.1) is 0 Å². The molecule has 1 unspecified atom stereocenters. The zero-order valence-electron chi connectivity index (χ0n) is 12.1. The molecule has 5 nitrogen and oxygen atoms in total. The standard InChI is InChI=1S/C14H22N2O3S/c1-14(2,3)11(17)8-16-12(18)4-6-15-13(19)10-5-7-20-9-10/h5,7,9,11,17H,4,6,8H2,1-3H3,(H,15,19)(H,16,18). The van der Waals surface area contributed by atoms with Gasteiger partial charge in [0.05, 0.1) is 6.10 Å². The van der Waals surface area contributed by atoms with Crippen LogP contribution in [0.4, 0.5) is 0 Å². The van der Waals surface area contributed by atoms with Gasteiger partial charge in [-0.1, -0.05) is 20.8 Å². The Morgan fingerprint density at radius 3 is 2.60 bits per heavy atom. The Morgan fingerprint density at radius 1 is 1.35 bits per heavy atom. The second-order valence-corrected chi connectivity index (χ2v) is 6.48. The Labute approximate surface area is 123 Å². The number of amides is 2. The van der Waals surface area contributed by atoms with E-state index in [1.807, 2.05) is 26.2 Å². The number of carbonyl (C=O) groups is 2. The molecule has 0 aliphatic heterocycles.